The van der Waals surface area contributed by atoms with Crippen molar-refractivity contribution >= 4 is 5.71 Å². The summed E-state index contributed by atoms with van der Waals surface area (Å²) in [7, 11) is 0. The summed E-state index contributed by atoms with van der Waals surface area (Å²) in [6.07, 6.45) is 6.96. The summed E-state index contributed by atoms with van der Waals surface area (Å²) in [5, 5.41) is 7.38. The average Bonchev–Trinajstić information content (AvgIpc) is 1.99. The van der Waals surface area contributed by atoms with Crippen LogP contribution in [0, 0.1) is 5.41 Å². The number of allylic oxidation sites excluding steroid dienone is 3. The van der Waals surface area contributed by atoms with Crippen molar-refractivity contribution in [3.8, 4) is 0 Å². The number of hydrogen-bond donors (Lipinski definition) is 1. The van der Waals surface area contributed by atoms with E-state index in [1.54, 1.807) is 0 Å². The van der Waals surface area contributed by atoms with E-state index in [2.05, 4.69) is 12.7 Å². The molecule has 0 saturated carbocycles. The maximum Gasteiger partial charge on any atom is 0.0377 e. The molecule has 9 heavy (non-hydrogen) atoms. The van der Waals surface area contributed by atoms with E-state index in [9.17, 15) is 0 Å². The topological polar surface area (TPSA) is 23.9 Å². The summed E-state index contributed by atoms with van der Waals surface area (Å²) >= 11 is 0. The van der Waals surface area contributed by atoms with Gasteiger partial charge in [-0.05, 0) is 18.4 Å². The lowest BCUT2D eigenvalue weighted by Crippen LogP contribution is -1.95. The summed E-state index contributed by atoms with van der Waals surface area (Å²) < 4.78 is 0. The summed E-state index contributed by atoms with van der Waals surface area (Å²) in [6.45, 7) is 3.79. The van der Waals surface area contributed by atoms with Gasteiger partial charge in [0.1, 0.15) is 0 Å². The third-order valence-electron chi connectivity index (χ3n) is 1.53. The van der Waals surface area contributed by atoms with Gasteiger partial charge in [0, 0.05) is 12.1 Å². The molecule has 0 saturated heterocycles. The first-order valence-corrected chi connectivity index (χ1v) is 3.21. The summed E-state index contributed by atoms with van der Waals surface area (Å²) in [4.78, 5) is 0. The lowest BCUT2D eigenvalue weighted by molar-refractivity contribution is 1.03. The van der Waals surface area contributed by atoms with Gasteiger partial charge in [-0.3, -0.25) is 0 Å². The quantitative estimate of drug-likeness (QED) is 0.475. The predicted molar refractivity (Wildman–Crippen MR) is 39.9 cm³/mol. The fraction of sp³-hybridized carbons (Fsp3) is 0.375. The lowest BCUT2D eigenvalue weighted by Gasteiger charge is -1.98. The van der Waals surface area contributed by atoms with Gasteiger partial charge in [-0.25, -0.2) is 0 Å². The molecule has 0 unspecified atom stereocenters. The molecule has 1 rings (SSSR count). The zero-order chi connectivity index (χ0) is 6.69. The van der Waals surface area contributed by atoms with E-state index >= 15 is 0 Å². The second-order valence-corrected chi connectivity index (χ2v) is 2.30. The first-order valence-electron chi connectivity index (χ1n) is 3.21. The molecule has 0 amide bonds. The standard InChI is InChI=1S/C8H11N/c1-7-5-3-2-4-6-8(7)9/h2,4,9H,1,3,5-6H2. The molecule has 0 atom stereocenters. The monoisotopic (exact) mass is 121 g/mol. The van der Waals surface area contributed by atoms with Gasteiger partial charge in [-0.15, -0.1) is 0 Å². The molecule has 0 aromatic carbocycles. The Balaban J connectivity index is 2.63. The molecule has 0 heterocycles. The molecule has 0 spiro atoms. The van der Waals surface area contributed by atoms with Gasteiger partial charge in [0.05, 0.1) is 0 Å². The molecular weight excluding hydrogens is 110 g/mol. The van der Waals surface area contributed by atoms with Crippen molar-refractivity contribution in [2.45, 2.75) is 19.3 Å². The van der Waals surface area contributed by atoms with Crippen molar-refractivity contribution < 1.29 is 0 Å². The molecule has 1 aliphatic carbocycles. The molecule has 0 radical (unpaired) electrons. The Bertz CT molecular complexity index is 165. The van der Waals surface area contributed by atoms with Crippen LogP contribution in [0.3, 0.4) is 0 Å². The predicted octanol–water partition coefficient (Wildman–Crippen LogP) is 2.30. The molecule has 0 aromatic rings. The van der Waals surface area contributed by atoms with Gasteiger partial charge in [-0.2, -0.15) is 0 Å². The van der Waals surface area contributed by atoms with Crippen molar-refractivity contribution in [1.29, 1.82) is 5.41 Å². The average molecular weight is 121 g/mol. The smallest absolute Gasteiger partial charge is 0.0377 e. The molecule has 1 aliphatic rings. The summed E-state index contributed by atoms with van der Waals surface area (Å²) in [6, 6.07) is 0. The van der Waals surface area contributed by atoms with Gasteiger partial charge in [0.15, 0.2) is 0 Å². The second kappa shape index (κ2) is 2.62. The van der Waals surface area contributed by atoms with Crippen LogP contribution in [0.25, 0.3) is 0 Å². The van der Waals surface area contributed by atoms with E-state index in [1.165, 1.54) is 0 Å². The Morgan fingerprint density at radius 2 is 2.22 bits per heavy atom. The number of hydrogen-bond acceptors (Lipinski definition) is 1. The minimum absolute atomic E-state index is 0.698. The molecule has 0 aliphatic heterocycles. The van der Waals surface area contributed by atoms with E-state index < -0.39 is 0 Å². The van der Waals surface area contributed by atoms with E-state index in [4.69, 9.17) is 5.41 Å². The van der Waals surface area contributed by atoms with Gasteiger partial charge < -0.3 is 5.41 Å². The highest BCUT2D eigenvalue weighted by atomic mass is 14.4. The van der Waals surface area contributed by atoms with Crippen LogP contribution in [0.1, 0.15) is 19.3 Å². The van der Waals surface area contributed by atoms with E-state index in [0.29, 0.717) is 5.71 Å². The Labute approximate surface area is 55.6 Å². The van der Waals surface area contributed by atoms with Crippen LogP contribution in [0.4, 0.5) is 0 Å². The highest BCUT2D eigenvalue weighted by Gasteiger charge is 2.01. The lowest BCUT2D eigenvalue weighted by atomic mass is 10.1. The van der Waals surface area contributed by atoms with Crippen LogP contribution < -0.4 is 0 Å². The summed E-state index contributed by atoms with van der Waals surface area (Å²) in [5.41, 5.74) is 1.70. The summed E-state index contributed by atoms with van der Waals surface area (Å²) in [5.74, 6) is 0. The van der Waals surface area contributed by atoms with Gasteiger partial charge in [0.25, 0.3) is 0 Å². The molecule has 48 valence electrons. The Morgan fingerprint density at radius 3 is 3.00 bits per heavy atom. The van der Waals surface area contributed by atoms with Crippen LogP contribution in [0.5, 0.6) is 0 Å². The van der Waals surface area contributed by atoms with Crippen LogP contribution in [-0.4, -0.2) is 5.71 Å². The molecular formula is C8H11N. The van der Waals surface area contributed by atoms with Crippen molar-refractivity contribution in [3.05, 3.63) is 24.3 Å². The third-order valence-corrected chi connectivity index (χ3v) is 1.53. The zero-order valence-electron chi connectivity index (χ0n) is 5.48. The normalized spacial score (nSPS) is 20.0. The minimum Gasteiger partial charge on any atom is -0.305 e. The maximum atomic E-state index is 7.38. The van der Waals surface area contributed by atoms with Crippen molar-refractivity contribution in [2.24, 2.45) is 0 Å². The molecule has 1 nitrogen and oxygen atoms in total. The van der Waals surface area contributed by atoms with E-state index in [0.717, 1.165) is 24.8 Å². The Kier molecular flexibility index (Phi) is 1.83. The number of nitrogens with one attached hydrogen (secondary N) is 1. The van der Waals surface area contributed by atoms with Gasteiger partial charge in [0.2, 0.25) is 0 Å². The second-order valence-electron chi connectivity index (χ2n) is 2.30. The fourth-order valence-corrected chi connectivity index (χ4v) is 0.872. The Morgan fingerprint density at radius 1 is 1.44 bits per heavy atom. The van der Waals surface area contributed by atoms with Crippen molar-refractivity contribution in [3.63, 3.8) is 0 Å². The van der Waals surface area contributed by atoms with Crippen LogP contribution in [0.15, 0.2) is 24.3 Å². The molecule has 1 N–H and O–H groups in total. The van der Waals surface area contributed by atoms with Crippen molar-refractivity contribution in [1.82, 2.24) is 0 Å². The van der Waals surface area contributed by atoms with Gasteiger partial charge >= 0.3 is 0 Å². The molecule has 1 heteroatoms. The first-order chi connectivity index (χ1) is 4.30. The molecule has 0 bridgehead atoms. The highest BCUT2D eigenvalue weighted by molar-refractivity contribution is 5.98. The minimum atomic E-state index is 0.698. The van der Waals surface area contributed by atoms with Gasteiger partial charge in [-0.1, -0.05) is 18.7 Å². The van der Waals surface area contributed by atoms with Crippen molar-refractivity contribution in [2.75, 3.05) is 0 Å². The van der Waals surface area contributed by atoms with E-state index in [-0.39, 0.29) is 0 Å². The van der Waals surface area contributed by atoms with Crippen LogP contribution in [0.2, 0.25) is 0 Å². The SMILES string of the molecule is C=C1CCC=CCC1=N. The van der Waals surface area contributed by atoms with Crippen LogP contribution >= 0.6 is 0 Å². The molecule has 0 fully saturated rings. The largest absolute Gasteiger partial charge is 0.305 e. The van der Waals surface area contributed by atoms with Crippen LogP contribution in [-0.2, 0) is 0 Å². The third kappa shape index (κ3) is 1.53. The fourth-order valence-electron chi connectivity index (χ4n) is 0.872. The number of rotatable bonds is 0. The Hall–Kier alpha value is -0.850. The first kappa shape index (κ1) is 6.27. The van der Waals surface area contributed by atoms with E-state index in [1.807, 2.05) is 6.08 Å². The maximum absolute atomic E-state index is 7.38. The zero-order valence-corrected chi connectivity index (χ0v) is 5.48. The highest BCUT2D eigenvalue weighted by Crippen LogP contribution is 2.11. The molecule has 0 aromatic heterocycles.